The van der Waals surface area contributed by atoms with E-state index in [9.17, 15) is 9.59 Å². The van der Waals surface area contributed by atoms with Crippen LogP contribution in [0.4, 0.5) is 17.2 Å². The van der Waals surface area contributed by atoms with Gasteiger partial charge in [-0.15, -0.1) is 5.92 Å². The minimum absolute atomic E-state index is 0.124. The third-order valence-corrected chi connectivity index (χ3v) is 6.87. The second kappa shape index (κ2) is 12.0. The predicted octanol–water partition coefficient (Wildman–Crippen LogP) is 4.29. The zero-order valence-corrected chi connectivity index (χ0v) is 20.8. The van der Waals surface area contributed by atoms with Gasteiger partial charge in [0.25, 0.3) is 5.91 Å². The molecule has 1 atom stereocenters. The van der Waals surface area contributed by atoms with E-state index in [0.717, 1.165) is 32.7 Å². The lowest BCUT2D eigenvalue weighted by Gasteiger charge is -2.37. The van der Waals surface area contributed by atoms with Crippen LogP contribution in [0.25, 0.3) is 0 Å². The SMILES string of the molecule is CCN(CC)CC1CCCCN1CC#CCCC(=O)N1c2ccccc2C(=O)Nc2cccnc21. The van der Waals surface area contributed by atoms with Gasteiger partial charge in [-0.25, -0.2) is 4.98 Å². The Kier molecular flexibility index (Phi) is 8.51. The highest BCUT2D eigenvalue weighted by atomic mass is 16.2. The molecule has 1 fully saturated rings. The lowest BCUT2D eigenvalue weighted by atomic mass is 10.0. The van der Waals surface area contributed by atoms with Gasteiger partial charge in [0.15, 0.2) is 5.82 Å². The zero-order valence-electron chi connectivity index (χ0n) is 20.8. The van der Waals surface area contributed by atoms with Crippen molar-refractivity contribution < 1.29 is 9.59 Å². The number of likely N-dealkylation sites (tertiary alicyclic amines) is 1. The van der Waals surface area contributed by atoms with Crippen LogP contribution in [0.15, 0.2) is 42.6 Å². The fourth-order valence-electron chi connectivity index (χ4n) is 4.87. The normalized spacial score (nSPS) is 17.6. The molecule has 0 aliphatic carbocycles. The maximum absolute atomic E-state index is 13.4. The number of hydrogen-bond donors (Lipinski definition) is 1. The summed E-state index contributed by atoms with van der Waals surface area (Å²) in [7, 11) is 0. The van der Waals surface area contributed by atoms with Crippen LogP contribution in [0.1, 0.15) is 56.3 Å². The monoisotopic (exact) mass is 473 g/mol. The van der Waals surface area contributed by atoms with Crippen LogP contribution in [0.5, 0.6) is 0 Å². The van der Waals surface area contributed by atoms with Crippen molar-refractivity contribution in [3.8, 4) is 11.8 Å². The molecule has 1 unspecified atom stereocenters. The van der Waals surface area contributed by atoms with Crippen molar-refractivity contribution in [3.63, 3.8) is 0 Å². The Balaban J connectivity index is 1.42. The Bertz CT molecular complexity index is 1100. The molecule has 1 aromatic carbocycles. The Hall–Kier alpha value is -3.21. The van der Waals surface area contributed by atoms with Gasteiger partial charge in [-0.3, -0.25) is 19.4 Å². The van der Waals surface area contributed by atoms with Crippen molar-refractivity contribution in [2.24, 2.45) is 0 Å². The number of likely N-dealkylation sites (N-methyl/N-ethyl adjacent to an activating group) is 1. The van der Waals surface area contributed by atoms with E-state index in [1.165, 1.54) is 19.3 Å². The summed E-state index contributed by atoms with van der Waals surface area (Å²) in [5.74, 6) is 6.61. The number of amides is 2. The molecular weight excluding hydrogens is 438 g/mol. The molecule has 35 heavy (non-hydrogen) atoms. The highest BCUT2D eigenvalue weighted by Crippen LogP contribution is 2.36. The average Bonchev–Trinajstić information content (AvgIpc) is 3.01. The molecule has 0 saturated carbocycles. The first-order chi connectivity index (χ1) is 17.1. The predicted molar refractivity (Wildman–Crippen MR) is 140 cm³/mol. The second-order valence-corrected chi connectivity index (χ2v) is 9.03. The van der Waals surface area contributed by atoms with E-state index in [-0.39, 0.29) is 18.2 Å². The number of benzene rings is 1. The van der Waals surface area contributed by atoms with Crippen LogP contribution in [0.3, 0.4) is 0 Å². The molecule has 184 valence electrons. The zero-order chi connectivity index (χ0) is 24.6. The van der Waals surface area contributed by atoms with Crippen molar-refractivity contribution in [2.75, 3.05) is 42.9 Å². The van der Waals surface area contributed by atoms with Gasteiger partial charge >= 0.3 is 0 Å². The van der Waals surface area contributed by atoms with Gasteiger partial charge in [-0.05, 0) is 56.7 Å². The van der Waals surface area contributed by atoms with Gasteiger partial charge in [-0.2, -0.15) is 0 Å². The number of fused-ring (bicyclic) bond motifs is 2. The van der Waals surface area contributed by atoms with Gasteiger partial charge in [0, 0.05) is 31.6 Å². The number of nitrogens with zero attached hydrogens (tertiary/aromatic N) is 4. The molecule has 3 heterocycles. The number of rotatable bonds is 7. The quantitative estimate of drug-likeness (QED) is 0.608. The number of carbonyl (C=O) groups excluding carboxylic acids is 2. The van der Waals surface area contributed by atoms with Crippen molar-refractivity contribution in [1.29, 1.82) is 0 Å². The van der Waals surface area contributed by atoms with E-state index < -0.39 is 0 Å². The summed E-state index contributed by atoms with van der Waals surface area (Å²) < 4.78 is 0. The first-order valence-electron chi connectivity index (χ1n) is 12.7. The molecule has 1 saturated heterocycles. The van der Waals surface area contributed by atoms with Gasteiger partial charge in [0.1, 0.15) is 0 Å². The van der Waals surface area contributed by atoms with Crippen LogP contribution >= 0.6 is 0 Å². The number of anilines is 3. The second-order valence-electron chi connectivity index (χ2n) is 9.03. The molecule has 1 N–H and O–H groups in total. The Labute approximate surface area is 208 Å². The summed E-state index contributed by atoms with van der Waals surface area (Å²) in [4.78, 5) is 37.0. The number of pyridine rings is 1. The maximum Gasteiger partial charge on any atom is 0.257 e. The van der Waals surface area contributed by atoms with Crippen LogP contribution < -0.4 is 10.2 Å². The van der Waals surface area contributed by atoms with Crippen LogP contribution in [0.2, 0.25) is 0 Å². The van der Waals surface area contributed by atoms with Crippen molar-refractivity contribution >= 4 is 29.0 Å². The number of carbonyl (C=O) groups is 2. The van der Waals surface area contributed by atoms with E-state index in [2.05, 4.69) is 45.8 Å². The number of para-hydroxylation sites is 1. The van der Waals surface area contributed by atoms with Gasteiger partial charge in [-0.1, -0.05) is 38.3 Å². The van der Waals surface area contributed by atoms with E-state index in [1.807, 2.05) is 6.07 Å². The molecule has 0 spiro atoms. The van der Waals surface area contributed by atoms with E-state index in [1.54, 1.807) is 41.4 Å². The fraction of sp³-hybridized carbons (Fsp3) is 0.464. The van der Waals surface area contributed by atoms with Crippen molar-refractivity contribution in [3.05, 3.63) is 48.2 Å². The Morgan fingerprint density at radius 3 is 2.80 bits per heavy atom. The summed E-state index contributed by atoms with van der Waals surface area (Å²) in [5.41, 5.74) is 1.53. The smallest absolute Gasteiger partial charge is 0.257 e. The first kappa shape index (κ1) is 24.9. The average molecular weight is 474 g/mol. The molecule has 4 rings (SSSR count). The van der Waals surface area contributed by atoms with Crippen molar-refractivity contribution in [2.45, 2.75) is 52.0 Å². The Morgan fingerprint density at radius 2 is 1.97 bits per heavy atom. The van der Waals surface area contributed by atoms with E-state index in [0.29, 0.717) is 35.2 Å². The molecule has 2 amide bonds. The number of piperidine rings is 1. The summed E-state index contributed by atoms with van der Waals surface area (Å²) in [6.07, 6.45) is 6.09. The standard InChI is InChI=1S/C28H35N5O2/c1-3-31(4-2)21-22-13-9-11-20-32(22)19-10-5-6-17-26(34)33-25-16-8-7-14-23(25)28(35)30-24-15-12-18-29-27(24)33/h7-8,12,14-16,18,22H,3-4,6,9,11,13,17,19-21H2,1-2H3,(H,30,35). The molecule has 1 aromatic heterocycles. The van der Waals surface area contributed by atoms with Gasteiger partial charge in [0.2, 0.25) is 5.91 Å². The summed E-state index contributed by atoms with van der Waals surface area (Å²) >= 11 is 0. The van der Waals surface area contributed by atoms with Gasteiger partial charge < -0.3 is 10.2 Å². The van der Waals surface area contributed by atoms with Crippen LogP contribution in [-0.2, 0) is 4.79 Å². The van der Waals surface area contributed by atoms with Crippen molar-refractivity contribution in [1.82, 2.24) is 14.8 Å². The fourth-order valence-corrected chi connectivity index (χ4v) is 4.87. The number of hydrogen-bond acceptors (Lipinski definition) is 5. The van der Waals surface area contributed by atoms with Gasteiger partial charge in [0.05, 0.1) is 23.5 Å². The van der Waals surface area contributed by atoms with Crippen LogP contribution in [0, 0.1) is 11.8 Å². The summed E-state index contributed by atoms with van der Waals surface area (Å²) in [6.45, 7) is 9.52. The minimum atomic E-state index is -0.245. The first-order valence-corrected chi connectivity index (χ1v) is 12.7. The maximum atomic E-state index is 13.4. The molecule has 0 bridgehead atoms. The summed E-state index contributed by atoms with van der Waals surface area (Å²) in [5, 5.41) is 2.87. The number of nitrogens with one attached hydrogen (secondary N) is 1. The molecular formula is C28H35N5O2. The molecule has 7 nitrogen and oxygen atoms in total. The molecule has 0 radical (unpaired) electrons. The number of aromatic nitrogens is 1. The largest absolute Gasteiger partial charge is 0.319 e. The van der Waals surface area contributed by atoms with Crippen LogP contribution in [-0.4, -0.2) is 65.4 Å². The highest BCUT2D eigenvalue weighted by Gasteiger charge is 2.29. The molecule has 7 heteroatoms. The van der Waals surface area contributed by atoms with E-state index in [4.69, 9.17) is 0 Å². The minimum Gasteiger partial charge on any atom is -0.319 e. The third kappa shape index (κ3) is 5.90. The molecule has 2 aromatic rings. The van der Waals surface area contributed by atoms with E-state index >= 15 is 0 Å². The summed E-state index contributed by atoms with van der Waals surface area (Å²) in [6, 6.07) is 11.2. The molecule has 2 aliphatic heterocycles. The topological polar surface area (TPSA) is 68.8 Å². The lowest BCUT2D eigenvalue weighted by Crippen LogP contribution is -2.46. The third-order valence-electron chi connectivity index (χ3n) is 6.87. The lowest BCUT2D eigenvalue weighted by molar-refractivity contribution is -0.117. The highest BCUT2D eigenvalue weighted by molar-refractivity contribution is 6.17. The Morgan fingerprint density at radius 1 is 1.14 bits per heavy atom. The molecule has 2 aliphatic rings.